The summed E-state index contributed by atoms with van der Waals surface area (Å²) in [5.74, 6) is 2.42. The molecule has 0 bridgehead atoms. The Morgan fingerprint density at radius 3 is 2.60 bits per heavy atom. The Kier molecular flexibility index (Phi) is 3.00. The largest absolute Gasteiger partial charge is 0.306 e. The smallest absolute Gasteiger partial charge is 0.0816 e. The molecule has 0 aliphatic carbocycles. The second-order valence-electron chi connectivity index (χ2n) is 2.33. The molecular weight excluding hydrogens is 182 g/mol. The van der Waals surface area contributed by atoms with Gasteiger partial charge in [0.05, 0.1) is 12.5 Å². The Hall–Kier alpha value is 0.710. The van der Waals surface area contributed by atoms with Crippen molar-refractivity contribution in [3.63, 3.8) is 0 Å². The van der Waals surface area contributed by atoms with Crippen molar-refractivity contribution in [1.82, 2.24) is 9.21 Å². The summed E-state index contributed by atoms with van der Waals surface area (Å²) in [6.45, 7) is 0.886. The molecule has 0 aromatic rings. The molecule has 0 aromatic carbocycles. The molecule has 10 heavy (non-hydrogen) atoms. The molecule has 2 nitrogen and oxygen atoms in total. The van der Waals surface area contributed by atoms with Crippen molar-refractivity contribution in [2.75, 3.05) is 13.7 Å². The Bertz CT molecular complexity index is 162. The van der Waals surface area contributed by atoms with Crippen molar-refractivity contribution >= 4 is 31.3 Å². The molecule has 0 radical (unpaired) electrons. The predicted octanol–water partition coefficient (Wildman–Crippen LogP) is 0.954. The molecule has 1 rings (SSSR count). The molecule has 1 heterocycles. The van der Waals surface area contributed by atoms with Crippen LogP contribution in [0.1, 0.15) is 0 Å². The summed E-state index contributed by atoms with van der Waals surface area (Å²) in [5, 5.41) is 0. The van der Waals surface area contributed by atoms with Crippen molar-refractivity contribution < 1.29 is 0 Å². The Balaban J connectivity index is 2.74. The Morgan fingerprint density at radius 1 is 1.80 bits per heavy atom. The second-order valence-corrected chi connectivity index (χ2v) is 3.78. The van der Waals surface area contributed by atoms with Crippen molar-refractivity contribution in [1.29, 1.82) is 0 Å². The molecule has 0 aromatic heterocycles. The number of hydrogen-bond donors (Lipinski definition) is 1. The van der Waals surface area contributed by atoms with Gasteiger partial charge in [-0.3, -0.25) is 4.90 Å². The van der Waals surface area contributed by atoms with E-state index in [-0.39, 0.29) is 0 Å². The van der Waals surface area contributed by atoms with Crippen molar-refractivity contribution in [3.05, 3.63) is 11.5 Å². The third kappa shape index (κ3) is 1.48. The van der Waals surface area contributed by atoms with Gasteiger partial charge in [-0.2, -0.15) is 0 Å². The minimum Gasteiger partial charge on any atom is -0.306 e. The van der Waals surface area contributed by atoms with Crippen LogP contribution in [0.5, 0.6) is 0 Å². The van der Waals surface area contributed by atoms with Gasteiger partial charge in [0.1, 0.15) is 0 Å². The molecule has 0 amide bonds. The van der Waals surface area contributed by atoms with E-state index in [1.165, 1.54) is 5.70 Å². The summed E-state index contributed by atoms with van der Waals surface area (Å²) >= 11 is 4.28. The average molecular weight is 194 g/mol. The number of likely N-dealkylation sites (N-methyl/N-ethyl adjacent to an activating group) is 1. The third-order valence-electron chi connectivity index (χ3n) is 1.60. The maximum absolute atomic E-state index is 4.28. The zero-order chi connectivity index (χ0) is 7.72. The Labute approximate surface area is 72.0 Å². The first kappa shape index (κ1) is 8.80. The lowest BCUT2D eigenvalue weighted by atomic mass is 10.5. The second kappa shape index (κ2) is 3.40. The molecule has 0 N–H and O–H groups in total. The lowest BCUT2D eigenvalue weighted by Gasteiger charge is -2.11. The van der Waals surface area contributed by atoms with Gasteiger partial charge in [-0.15, -0.1) is 18.5 Å². The molecule has 3 atom stereocenters. The van der Waals surface area contributed by atoms with Crippen LogP contribution in [0, 0.1) is 0 Å². The predicted molar refractivity (Wildman–Crippen MR) is 54.7 cm³/mol. The monoisotopic (exact) mass is 194 g/mol. The van der Waals surface area contributed by atoms with Gasteiger partial charge in [0.25, 0.3) is 0 Å². The zero-order valence-corrected chi connectivity index (χ0v) is 9.06. The van der Waals surface area contributed by atoms with Gasteiger partial charge in [0, 0.05) is 5.70 Å². The van der Waals surface area contributed by atoms with E-state index < -0.39 is 0 Å². The molecule has 1 fully saturated rings. The molecule has 1 saturated heterocycles. The topological polar surface area (TPSA) is 6.48 Å². The summed E-state index contributed by atoms with van der Waals surface area (Å²) < 4.78 is 1.94. The molecule has 3 unspecified atom stereocenters. The van der Waals surface area contributed by atoms with Gasteiger partial charge in [0.15, 0.2) is 0 Å². The first-order valence-corrected chi connectivity index (χ1v) is 4.74. The fraction of sp³-hybridized carbons (Fsp3) is 0.600. The van der Waals surface area contributed by atoms with Crippen LogP contribution in [0.4, 0.5) is 0 Å². The lowest BCUT2D eigenvalue weighted by Crippen LogP contribution is -2.19. The highest BCUT2D eigenvalue weighted by Gasteiger charge is 2.26. The zero-order valence-electron chi connectivity index (χ0n) is 5.86. The van der Waals surface area contributed by atoms with Crippen LogP contribution >= 0.6 is 31.3 Å². The van der Waals surface area contributed by atoms with Crippen LogP contribution in [0.15, 0.2) is 11.5 Å². The van der Waals surface area contributed by atoms with Crippen molar-refractivity contribution in [2.24, 2.45) is 0 Å². The van der Waals surface area contributed by atoms with E-state index in [4.69, 9.17) is 0 Å². The van der Waals surface area contributed by atoms with E-state index >= 15 is 0 Å². The van der Waals surface area contributed by atoms with Gasteiger partial charge in [-0.25, -0.2) is 0 Å². The molecule has 0 saturated carbocycles. The minimum atomic E-state index is 0.412. The van der Waals surface area contributed by atoms with Gasteiger partial charge >= 0.3 is 0 Å². The molecular formula is C5H12N2P2S. The SMILES string of the molecule is CN1CN(S)/C(=C\P)C1P. The van der Waals surface area contributed by atoms with Crippen LogP contribution < -0.4 is 0 Å². The maximum atomic E-state index is 4.28. The highest BCUT2D eigenvalue weighted by Crippen LogP contribution is 2.29. The number of rotatable bonds is 0. The molecule has 58 valence electrons. The first-order valence-electron chi connectivity index (χ1n) is 3.01. The normalized spacial score (nSPS) is 32.2. The van der Waals surface area contributed by atoms with Crippen molar-refractivity contribution in [2.45, 2.75) is 5.78 Å². The van der Waals surface area contributed by atoms with E-state index in [0.29, 0.717) is 5.78 Å². The van der Waals surface area contributed by atoms with Crippen LogP contribution in [-0.2, 0) is 0 Å². The quantitative estimate of drug-likeness (QED) is 0.453. The standard InChI is InChI=1S/C5H12N2P2S/c1-6-3-7(10)4(2-8)5(6)9/h2,5,10H,3,8-9H2,1H3/b4-2-. The van der Waals surface area contributed by atoms with E-state index in [1.54, 1.807) is 0 Å². The van der Waals surface area contributed by atoms with Crippen LogP contribution in [0.3, 0.4) is 0 Å². The fourth-order valence-electron chi connectivity index (χ4n) is 0.944. The van der Waals surface area contributed by atoms with E-state index in [2.05, 4.69) is 43.2 Å². The number of hydrogen-bond acceptors (Lipinski definition) is 3. The minimum absolute atomic E-state index is 0.412. The molecule has 1 aliphatic heterocycles. The summed E-state index contributed by atoms with van der Waals surface area (Å²) in [7, 11) is 7.44. The van der Waals surface area contributed by atoms with Gasteiger partial charge in [-0.1, -0.05) is 12.8 Å². The van der Waals surface area contributed by atoms with Gasteiger partial charge in [-0.05, 0) is 12.9 Å². The molecule has 1 aliphatic rings. The van der Waals surface area contributed by atoms with Crippen LogP contribution in [0.25, 0.3) is 0 Å². The highest BCUT2D eigenvalue weighted by atomic mass is 32.1. The van der Waals surface area contributed by atoms with Gasteiger partial charge in [0.2, 0.25) is 0 Å². The van der Waals surface area contributed by atoms with Gasteiger partial charge < -0.3 is 4.31 Å². The van der Waals surface area contributed by atoms with E-state index in [0.717, 1.165) is 6.67 Å². The third-order valence-corrected chi connectivity index (χ3v) is 3.15. The molecule has 5 heteroatoms. The first-order chi connectivity index (χ1) is 4.66. The number of thiol groups is 1. The molecule has 0 spiro atoms. The summed E-state index contributed by atoms with van der Waals surface area (Å²) in [4.78, 5) is 2.20. The van der Waals surface area contributed by atoms with Crippen LogP contribution in [0.2, 0.25) is 0 Å². The summed E-state index contributed by atoms with van der Waals surface area (Å²) in [6, 6.07) is 0. The van der Waals surface area contributed by atoms with E-state index in [9.17, 15) is 0 Å². The summed E-state index contributed by atoms with van der Waals surface area (Å²) in [5.41, 5.74) is 1.22. The fourth-order valence-corrected chi connectivity index (χ4v) is 2.56. The Morgan fingerprint density at radius 2 is 2.40 bits per heavy atom. The number of nitrogens with zero attached hydrogens (tertiary/aromatic N) is 2. The highest BCUT2D eigenvalue weighted by molar-refractivity contribution is 7.77. The average Bonchev–Trinajstić information content (AvgIpc) is 2.09. The summed E-state index contributed by atoms with van der Waals surface area (Å²) in [6.07, 6.45) is 0. The van der Waals surface area contributed by atoms with Crippen molar-refractivity contribution in [3.8, 4) is 0 Å². The van der Waals surface area contributed by atoms with E-state index in [1.807, 2.05) is 10.1 Å². The van der Waals surface area contributed by atoms with Crippen LogP contribution in [-0.4, -0.2) is 28.7 Å². The lowest BCUT2D eigenvalue weighted by molar-refractivity contribution is 0.363. The maximum Gasteiger partial charge on any atom is 0.0816 e.